The normalized spacial score (nSPS) is 28.2. The highest BCUT2D eigenvalue weighted by atomic mass is 14.1. The molecule has 0 nitrogen and oxygen atoms in total. The number of hydrogen-bond donors (Lipinski definition) is 0. The molecule has 56 valence electrons. The predicted octanol–water partition coefficient (Wildman–Crippen LogP) is 3.31. The predicted molar refractivity (Wildman–Crippen MR) is 45.9 cm³/mol. The fourth-order valence-electron chi connectivity index (χ4n) is 1.39. The van der Waals surface area contributed by atoms with Crippen LogP contribution in [0.25, 0.3) is 0 Å². The van der Waals surface area contributed by atoms with E-state index in [1.807, 2.05) is 0 Å². The molecule has 0 aromatic heterocycles. The van der Waals surface area contributed by atoms with Gasteiger partial charge in [0.25, 0.3) is 0 Å². The third-order valence-corrected chi connectivity index (χ3v) is 2.07. The van der Waals surface area contributed by atoms with E-state index in [-0.39, 0.29) is 0 Å². The molecule has 0 heteroatoms. The molecule has 0 saturated carbocycles. The van der Waals surface area contributed by atoms with Crippen molar-refractivity contribution in [1.29, 1.82) is 0 Å². The molecule has 0 aromatic rings. The molecule has 0 N–H and O–H groups in total. The monoisotopic (exact) mass is 136 g/mol. The van der Waals surface area contributed by atoms with E-state index in [0.717, 1.165) is 5.92 Å². The Bertz CT molecular complexity index is 151. The molecule has 1 rings (SSSR count). The van der Waals surface area contributed by atoms with Gasteiger partial charge >= 0.3 is 0 Å². The molecular weight excluding hydrogens is 120 g/mol. The van der Waals surface area contributed by atoms with Crippen molar-refractivity contribution in [3.8, 4) is 0 Å². The van der Waals surface area contributed by atoms with Crippen LogP contribution in [0, 0.1) is 5.92 Å². The van der Waals surface area contributed by atoms with Crippen molar-refractivity contribution in [1.82, 2.24) is 0 Å². The lowest BCUT2D eigenvalue weighted by Crippen LogP contribution is -1.87. The minimum absolute atomic E-state index is 0.831. The van der Waals surface area contributed by atoms with E-state index < -0.39 is 0 Å². The molecule has 0 heterocycles. The lowest BCUT2D eigenvalue weighted by Gasteiger charge is -2.00. The molecule has 1 aliphatic rings. The van der Waals surface area contributed by atoms with Crippen molar-refractivity contribution in [2.24, 2.45) is 5.92 Å². The Hall–Kier alpha value is -0.520. The van der Waals surface area contributed by atoms with Crippen molar-refractivity contribution >= 4 is 0 Å². The maximum Gasteiger partial charge on any atom is -0.0193 e. The van der Waals surface area contributed by atoms with Gasteiger partial charge in [-0.15, -0.1) is 0 Å². The highest BCUT2D eigenvalue weighted by molar-refractivity contribution is 5.26. The third-order valence-electron chi connectivity index (χ3n) is 2.07. The van der Waals surface area contributed by atoms with Crippen molar-refractivity contribution < 1.29 is 0 Å². The summed E-state index contributed by atoms with van der Waals surface area (Å²) in [6.45, 7) is 4.45. The molecule has 0 radical (unpaired) electrons. The van der Waals surface area contributed by atoms with Crippen molar-refractivity contribution in [3.05, 3.63) is 23.8 Å². The summed E-state index contributed by atoms with van der Waals surface area (Å²) in [7, 11) is 0. The highest BCUT2D eigenvalue weighted by Crippen LogP contribution is 2.24. The maximum atomic E-state index is 2.33. The summed E-state index contributed by atoms with van der Waals surface area (Å²) in [5, 5.41) is 0. The molecule has 1 unspecified atom stereocenters. The maximum absolute atomic E-state index is 2.33. The van der Waals surface area contributed by atoms with E-state index in [9.17, 15) is 0 Å². The van der Waals surface area contributed by atoms with Crippen molar-refractivity contribution in [3.63, 3.8) is 0 Å². The molecule has 1 atom stereocenters. The molecule has 1 aliphatic carbocycles. The summed E-state index contributed by atoms with van der Waals surface area (Å²) in [6.07, 6.45) is 10.7. The van der Waals surface area contributed by atoms with Gasteiger partial charge in [0.1, 0.15) is 0 Å². The SMILES string of the molecule is CC/C=C1\C=CC(CC)C1. The van der Waals surface area contributed by atoms with Crippen molar-refractivity contribution in [2.45, 2.75) is 33.1 Å². The van der Waals surface area contributed by atoms with Gasteiger partial charge < -0.3 is 0 Å². The minimum Gasteiger partial charge on any atom is -0.0816 e. The standard InChI is InChI=1S/C10H16/c1-3-5-10-7-6-9(4-2)8-10/h5-7,9H,3-4,8H2,1-2H3/b10-5+. The topological polar surface area (TPSA) is 0 Å². The van der Waals surface area contributed by atoms with Gasteiger partial charge in [0, 0.05) is 0 Å². The van der Waals surface area contributed by atoms with Gasteiger partial charge in [-0.2, -0.15) is 0 Å². The average Bonchev–Trinajstić information content (AvgIpc) is 2.37. The third kappa shape index (κ3) is 1.73. The molecule has 0 bridgehead atoms. The highest BCUT2D eigenvalue weighted by Gasteiger charge is 2.09. The second-order valence-corrected chi connectivity index (χ2v) is 2.92. The quantitative estimate of drug-likeness (QED) is 0.546. The summed E-state index contributed by atoms with van der Waals surface area (Å²) in [5.74, 6) is 0.831. The largest absolute Gasteiger partial charge is 0.0816 e. The molecule has 10 heavy (non-hydrogen) atoms. The zero-order valence-corrected chi connectivity index (χ0v) is 6.93. The number of rotatable bonds is 2. The van der Waals surface area contributed by atoms with Gasteiger partial charge in [0.05, 0.1) is 0 Å². The van der Waals surface area contributed by atoms with Crippen LogP contribution in [0.15, 0.2) is 23.8 Å². The van der Waals surface area contributed by atoms with E-state index in [1.54, 1.807) is 0 Å². The van der Waals surface area contributed by atoms with Crippen LogP contribution < -0.4 is 0 Å². The summed E-state index contributed by atoms with van der Waals surface area (Å²) >= 11 is 0. The first-order valence-corrected chi connectivity index (χ1v) is 4.24. The lowest BCUT2D eigenvalue weighted by molar-refractivity contribution is 0.648. The second kappa shape index (κ2) is 3.60. The zero-order valence-electron chi connectivity index (χ0n) is 6.93. The van der Waals surface area contributed by atoms with E-state index in [0.29, 0.717) is 0 Å². The Balaban J connectivity index is 2.45. The fourth-order valence-corrected chi connectivity index (χ4v) is 1.39. The Morgan fingerprint density at radius 1 is 1.60 bits per heavy atom. The van der Waals surface area contributed by atoms with Crippen molar-refractivity contribution in [2.75, 3.05) is 0 Å². The van der Waals surface area contributed by atoms with Crippen LogP contribution in [0.5, 0.6) is 0 Å². The molecule has 0 amide bonds. The first kappa shape index (κ1) is 7.59. The van der Waals surface area contributed by atoms with E-state index in [1.165, 1.54) is 24.8 Å². The Morgan fingerprint density at radius 2 is 2.40 bits per heavy atom. The Kier molecular flexibility index (Phi) is 2.73. The Morgan fingerprint density at radius 3 is 2.90 bits per heavy atom. The van der Waals surface area contributed by atoms with E-state index >= 15 is 0 Å². The summed E-state index contributed by atoms with van der Waals surface area (Å²) in [5.41, 5.74) is 1.54. The van der Waals surface area contributed by atoms with Gasteiger partial charge in [-0.1, -0.05) is 37.6 Å². The first-order valence-electron chi connectivity index (χ1n) is 4.24. The van der Waals surface area contributed by atoms with Gasteiger partial charge in [-0.3, -0.25) is 0 Å². The van der Waals surface area contributed by atoms with Crippen LogP contribution in [0.2, 0.25) is 0 Å². The fraction of sp³-hybridized carbons (Fsp3) is 0.600. The second-order valence-electron chi connectivity index (χ2n) is 2.92. The summed E-state index contributed by atoms with van der Waals surface area (Å²) in [4.78, 5) is 0. The minimum atomic E-state index is 0.831. The molecular formula is C10H16. The lowest BCUT2D eigenvalue weighted by atomic mass is 10.0. The van der Waals surface area contributed by atoms with Crippen LogP contribution >= 0.6 is 0 Å². The van der Waals surface area contributed by atoms with Gasteiger partial charge in [0.15, 0.2) is 0 Å². The van der Waals surface area contributed by atoms with E-state index in [4.69, 9.17) is 0 Å². The number of allylic oxidation sites excluding steroid dienone is 4. The molecule has 0 saturated heterocycles. The van der Waals surface area contributed by atoms with Gasteiger partial charge in [0.2, 0.25) is 0 Å². The van der Waals surface area contributed by atoms with Gasteiger partial charge in [-0.25, -0.2) is 0 Å². The molecule has 0 aliphatic heterocycles. The smallest absolute Gasteiger partial charge is 0.0193 e. The molecule has 0 spiro atoms. The van der Waals surface area contributed by atoms with Crippen LogP contribution in [0.1, 0.15) is 33.1 Å². The summed E-state index contributed by atoms with van der Waals surface area (Å²) < 4.78 is 0. The van der Waals surface area contributed by atoms with Crippen LogP contribution in [0.3, 0.4) is 0 Å². The van der Waals surface area contributed by atoms with Crippen LogP contribution in [-0.4, -0.2) is 0 Å². The molecule has 0 fully saturated rings. The van der Waals surface area contributed by atoms with Crippen LogP contribution in [0.4, 0.5) is 0 Å². The average molecular weight is 136 g/mol. The van der Waals surface area contributed by atoms with Gasteiger partial charge in [-0.05, 0) is 25.2 Å². The number of hydrogen-bond acceptors (Lipinski definition) is 0. The van der Waals surface area contributed by atoms with Crippen LogP contribution in [-0.2, 0) is 0 Å². The zero-order chi connectivity index (χ0) is 7.40. The first-order chi connectivity index (χ1) is 4.86. The Labute approximate surface area is 63.6 Å². The molecule has 0 aromatic carbocycles. The van der Waals surface area contributed by atoms with E-state index in [2.05, 4.69) is 32.1 Å². The summed E-state index contributed by atoms with van der Waals surface area (Å²) in [6, 6.07) is 0.